The first-order chi connectivity index (χ1) is 13.9. The van der Waals surface area contributed by atoms with E-state index < -0.39 is 10.0 Å². The molecule has 0 saturated carbocycles. The zero-order chi connectivity index (χ0) is 20.9. The standard InChI is InChI=1S/C22H22N2O3S2/c1-24(16-17-6-4-3-5-7-17)22(25)18-8-10-19(11-9-18)23-29(26,27)21-14-12-20(28-2)13-15-21/h3-15,23H,16H2,1-2H3. The topological polar surface area (TPSA) is 66.5 Å². The van der Waals surface area contributed by atoms with Gasteiger partial charge in [0.05, 0.1) is 4.90 Å². The summed E-state index contributed by atoms with van der Waals surface area (Å²) in [4.78, 5) is 15.4. The lowest BCUT2D eigenvalue weighted by Gasteiger charge is -2.17. The van der Waals surface area contributed by atoms with Crippen molar-refractivity contribution in [2.75, 3.05) is 18.0 Å². The maximum absolute atomic E-state index is 12.6. The summed E-state index contributed by atoms with van der Waals surface area (Å²) in [6.07, 6.45) is 1.93. The number of amides is 1. The van der Waals surface area contributed by atoms with Crippen molar-refractivity contribution in [1.82, 2.24) is 4.90 Å². The van der Waals surface area contributed by atoms with E-state index in [4.69, 9.17) is 0 Å². The molecule has 3 aromatic rings. The Morgan fingerprint density at radius 1 is 0.931 bits per heavy atom. The Morgan fingerprint density at radius 2 is 1.55 bits per heavy atom. The highest BCUT2D eigenvalue weighted by atomic mass is 32.2. The van der Waals surface area contributed by atoms with E-state index in [-0.39, 0.29) is 10.8 Å². The van der Waals surface area contributed by atoms with E-state index in [1.165, 1.54) is 0 Å². The summed E-state index contributed by atoms with van der Waals surface area (Å²) >= 11 is 1.55. The van der Waals surface area contributed by atoms with Crippen molar-refractivity contribution in [1.29, 1.82) is 0 Å². The van der Waals surface area contributed by atoms with Crippen LogP contribution in [0, 0.1) is 0 Å². The molecule has 150 valence electrons. The monoisotopic (exact) mass is 426 g/mol. The summed E-state index contributed by atoms with van der Waals surface area (Å²) in [5.41, 5.74) is 1.94. The van der Waals surface area contributed by atoms with Crippen LogP contribution in [0.2, 0.25) is 0 Å². The van der Waals surface area contributed by atoms with Gasteiger partial charge in [-0.3, -0.25) is 9.52 Å². The number of nitrogens with zero attached hydrogens (tertiary/aromatic N) is 1. The predicted octanol–water partition coefficient (Wildman–Crippen LogP) is 4.48. The van der Waals surface area contributed by atoms with Gasteiger partial charge in [0.25, 0.3) is 15.9 Å². The molecule has 0 atom stereocenters. The quantitative estimate of drug-likeness (QED) is 0.566. The lowest BCUT2D eigenvalue weighted by molar-refractivity contribution is 0.0785. The Kier molecular flexibility index (Phi) is 6.61. The third-order valence-electron chi connectivity index (χ3n) is 4.36. The fourth-order valence-electron chi connectivity index (χ4n) is 2.80. The third-order valence-corrected chi connectivity index (χ3v) is 6.50. The van der Waals surface area contributed by atoms with Crippen LogP contribution in [-0.4, -0.2) is 32.5 Å². The van der Waals surface area contributed by atoms with Crippen LogP contribution in [-0.2, 0) is 16.6 Å². The van der Waals surface area contributed by atoms with Gasteiger partial charge in [0.2, 0.25) is 0 Å². The molecule has 0 radical (unpaired) electrons. The molecule has 0 aliphatic heterocycles. The van der Waals surface area contributed by atoms with Gasteiger partial charge in [0, 0.05) is 29.7 Å². The molecule has 0 spiro atoms. The van der Waals surface area contributed by atoms with E-state index in [0.29, 0.717) is 17.8 Å². The predicted molar refractivity (Wildman–Crippen MR) is 118 cm³/mol. The average molecular weight is 427 g/mol. The molecule has 0 unspecified atom stereocenters. The zero-order valence-electron chi connectivity index (χ0n) is 16.2. The van der Waals surface area contributed by atoms with E-state index in [0.717, 1.165) is 10.5 Å². The van der Waals surface area contributed by atoms with Gasteiger partial charge >= 0.3 is 0 Å². The van der Waals surface area contributed by atoms with Crippen molar-refractivity contribution in [3.8, 4) is 0 Å². The van der Waals surface area contributed by atoms with Crippen molar-refractivity contribution < 1.29 is 13.2 Å². The van der Waals surface area contributed by atoms with Gasteiger partial charge in [-0.2, -0.15) is 0 Å². The van der Waals surface area contributed by atoms with Crippen molar-refractivity contribution in [3.05, 3.63) is 90.0 Å². The number of hydrogen-bond donors (Lipinski definition) is 1. The molecule has 5 nitrogen and oxygen atoms in total. The molecule has 0 aliphatic rings. The highest BCUT2D eigenvalue weighted by molar-refractivity contribution is 7.98. The van der Waals surface area contributed by atoms with Gasteiger partial charge in [-0.05, 0) is 60.4 Å². The number of carbonyl (C=O) groups excluding carboxylic acids is 1. The zero-order valence-corrected chi connectivity index (χ0v) is 17.8. The second kappa shape index (κ2) is 9.15. The first kappa shape index (κ1) is 21.0. The Morgan fingerprint density at radius 3 is 2.14 bits per heavy atom. The van der Waals surface area contributed by atoms with E-state index in [1.54, 1.807) is 72.2 Å². The molecule has 0 aromatic heterocycles. The van der Waals surface area contributed by atoms with Gasteiger partial charge in [-0.25, -0.2) is 8.42 Å². The Balaban J connectivity index is 1.68. The molecule has 3 rings (SSSR count). The minimum atomic E-state index is -3.68. The molecule has 1 amide bonds. The number of benzene rings is 3. The Hall–Kier alpha value is -2.77. The van der Waals surface area contributed by atoms with Crippen molar-refractivity contribution in [2.45, 2.75) is 16.3 Å². The van der Waals surface area contributed by atoms with Crippen LogP contribution in [0.3, 0.4) is 0 Å². The maximum Gasteiger partial charge on any atom is 0.261 e. The lowest BCUT2D eigenvalue weighted by atomic mass is 10.1. The van der Waals surface area contributed by atoms with Crippen LogP contribution >= 0.6 is 11.8 Å². The van der Waals surface area contributed by atoms with Crippen LogP contribution in [0.5, 0.6) is 0 Å². The highest BCUT2D eigenvalue weighted by Gasteiger charge is 2.16. The molecular formula is C22H22N2O3S2. The third kappa shape index (κ3) is 5.40. The molecule has 1 N–H and O–H groups in total. The fourth-order valence-corrected chi connectivity index (χ4v) is 4.27. The second-order valence-electron chi connectivity index (χ2n) is 6.51. The molecule has 0 aliphatic carbocycles. The maximum atomic E-state index is 12.6. The van der Waals surface area contributed by atoms with Crippen LogP contribution in [0.15, 0.2) is 88.7 Å². The smallest absolute Gasteiger partial charge is 0.261 e. The van der Waals surface area contributed by atoms with Crippen LogP contribution in [0.1, 0.15) is 15.9 Å². The first-order valence-corrected chi connectivity index (χ1v) is 11.7. The summed E-state index contributed by atoms with van der Waals surface area (Å²) in [5.74, 6) is -0.129. The number of carbonyl (C=O) groups is 1. The number of rotatable bonds is 7. The molecule has 29 heavy (non-hydrogen) atoms. The van der Waals surface area contributed by atoms with Gasteiger partial charge < -0.3 is 4.90 Å². The first-order valence-electron chi connectivity index (χ1n) is 8.95. The van der Waals surface area contributed by atoms with Crippen molar-refractivity contribution in [2.24, 2.45) is 0 Å². The minimum Gasteiger partial charge on any atom is -0.337 e. The second-order valence-corrected chi connectivity index (χ2v) is 9.07. The normalized spacial score (nSPS) is 11.1. The summed E-state index contributed by atoms with van der Waals surface area (Å²) in [5, 5.41) is 0. The molecule has 0 saturated heterocycles. The molecule has 0 heterocycles. The minimum absolute atomic E-state index is 0.129. The van der Waals surface area contributed by atoms with Crippen LogP contribution < -0.4 is 4.72 Å². The number of sulfonamides is 1. The Bertz CT molecular complexity index is 1070. The van der Waals surface area contributed by atoms with Gasteiger partial charge in [0.1, 0.15) is 0 Å². The summed E-state index contributed by atoms with van der Waals surface area (Å²) in [7, 11) is -1.94. The van der Waals surface area contributed by atoms with Gasteiger partial charge in [-0.1, -0.05) is 30.3 Å². The van der Waals surface area contributed by atoms with E-state index in [1.807, 2.05) is 36.6 Å². The number of thioether (sulfide) groups is 1. The summed E-state index contributed by atoms with van der Waals surface area (Å²) in [6, 6.07) is 22.9. The number of nitrogens with one attached hydrogen (secondary N) is 1. The molecule has 0 bridgehead atoms. The molecule has 7 heteroatoms. The van der Waals surface area contributed by atoms with E-state index in [9.17, 15) is 13.2 Å². The van der Waals surface area contributed by atoms with Crippen LogP contribution in [0.25, 0.3) is 0 Å². The van der Waals surface area contributed by atoms with E-state index in [2.05, 4.69) is 4.72 Å². The summed E-state index contributed by atoms with van der Waals surface area (Å²) in [6.45, 7) is 0.500. The lowest BCUT2D eigenvalue weighted by Crippen LogP contribution is -2.26. The molecule has 0 fully saturated rings. The average Bonchev–Trinajstić information content (AvgIpc) is 2.74. The molecule has 3 aromatic carbocycles. The molecular weight excluding hydrogens is 404 g/mol. The fraction of sp³-hybridized carbons (Fsp3) is 0.136. The Labute approximate surface area is 175 Å². The number of hydrogen-bond acceptors (Lipinski definition) is 4. The van der Waals surface area contributed by atoms with Gasteiger partial charge in [-0.15, -0.1) is 11.8 Å². The SMILES string of the molecule is CSc1ccc(S(=O)(=O)Nc2ccc(C(=O)N(C)Cc3ccccc3)cc2)cc1. The summed E-state index contributed by atoms with van der Waals surface area (Å²) < 4.78 is 27.6. The largest absolute Gasteiger partial charge is 0.337 e. The van der Waals surface area contributed by atoms with Crippen molar-refractivity contribution >= 4 is 33.4 Å². The van der Waals surface area contributed by atoms with E-state index >= 15 is 0 Å². The van der Waals surface area contributed by atoms with Crippen LogP contribution in [0.4, 0.5) is 5.69 Å². The van der Waals surface area contributed by atoms with Gasteiger partial charge in [0.15, 0.2) is 0 Å². The number of anilines is 1. The highest BCUT2D eigenvalue weighted by Crippen LogP contribution is 2.21. The van der Waals surface area contributed by atoms with Crippen molar-refractivity contribution in [3.63, 3.8) is 0 Å².